The Hall–Kier alpha value is -1.51. The van der Waals surface area contributed by atoms with E-state index in [-0.39, 0.29) is 18.1 Å². The molecule has 1 aromatic carbocycles. The van der Waals surface area contributed by atoms with E-state index in [0.717, 1.165) is 12.1 Å². The molecule has 16 heavy (non-hydrogen) atoms. The van der Waals surface area contributed by atoms with E-state index in [1.54, 1.807) is 0 Å². The van der Waals surface area contributed by atoms with E-state index in [1.807, 2.05) is 36.9 Å². The number of urea groups is 1. The lowest BCUT2D eigenvalue weighted by molar-refractivity contribution is 0.243. The predicted molar refractivity (Wildman–Crippen MR) is 65.8 cm³/mol. The summed E-state index contributed by atoms with van der Waals surface area (Å²) in [6, 6.07) is 8.53. The molecule has 1 atom stereocenters. The highest BCUT2D eigenvalue weighted by Gasteiger charge is 2.30. The first-order valence-corrected chi connectivity index (χ1v) is 5.77. The number of hydrogen-bond acceptors (Lipinski definition) is 1. The molecule has 1 heterocycles. The Kier molecular flexibility index (Phi) is 2.86. The highest BCUT2D eigenvalue weighted by atomic mass is 16.2. The smallest absolute Gasteiger partial charge is 0.322 e. The van der Waals surface area contributed by atoms with Gasteiger partial charge in [0.15, 0.2) is 0 Å². The van der Waals surface area contributed by atoms with Crippen LogP contribution in [0, 0.1) is 0 Å². The second-order valence-electron chi connectivity index (χ2n) is 4.66. The van der Waals surface area contributed by atoms with Crippen LogP contribution in [0.5, 0.6) is 0 Å². The van der Waals surface area contributed by atoms with Gasteiger partial charge in [-0.3, -0.25) is 4.90 Å². The molecule has 2 amide bonds. The zero-order valence-electron chi connectivity index (χ0n) is 10.0. The topological polar surface area (TPSA) is 32.3 Å². The quantitative estimate of drug-likeness (QED) is 0.772. The van der Waals surface area contributed by atoms with Crippen LogP contribution in [-0.2, 0) is 6.42 Å². The number of para-hydroxylation sites is 1. The van der Waals surface area contributed by atoms with Crippen molar-refractivity contribution in [1.29, 1.82) is 0 Å². The summed E-state index contributed by atoms with van der Waals surface area (Å²) >= 11 is 0. The minimum atomic E-state index is 0.00690. The summed E-state index contributed by atoms with van der Waals surface area (Å²) in [6.45, 7) is 6.04. The third-order valence-corrected chi connectivity index (χ3v) is 2.84. The molecule has 1 aliphatic rings. The number of rotatable bonds is 1. The molecule has 0 spiro atoms. The van der Waals surface area contributed by atoms with Gasteiger partial charge in [-0.25, -0.2) is 4.79 Å². The Balaban J connectivity index is 2.25. The van der Waals surface area contributed by atoms with Gasteiger partial charge >= 0.3 is 6.03 Å². The van der Waals surface area contributed by atoms with Crippen LogP contribution in [0.15, 0.2) is 24.3 Å². The lowest BCUT2D eigenvalue weighted by atomic mass is 10.1. The van der Waals surface area contributed by atoms with Crippen molar-refractivity contribution in [1.82, 2.24) is 5.32 Å². The standard InChI is InChI=1S/C13H18N2O/c1-9(2)14-13(16)15-10(3)8-11-6-4-5-7-12(11)15/h4-7,9-10H,8H2,1-3H3,(H,14,16). The van der Waals surface area contributed by atoms with E-state index in [9.17, 15) is 4.79 Å². The van der Waals surface area contributed by atoms with E-state index in [1.165, 1.54) is 5.56 Å². The summed E-state index contributed by atoms with van der Waals surface area (Å²) in [4.78, 5) is 13.9. The number of amides is 2. The van der Waals surface area contributed by atoms with Crippen molar-refractivity contribution in [3.05, 3.63) is 29.8 Å². The summed E-state index contributed by atoms with van der Waals surface area (Å²) in [7, 11) is 0. The molecular weight excluding hydrogens is 200 g/mol. The molecule has 1 unspecified atom stereocenters. The maximum absolute atomic E-state index is 12.0. The number of fused-ring (bicyclic) bond motifs is 1. The van der Waals surface area contributed by atoms with E-state index >= 15 is 0 Å². The first kappa shape index (κ1) is 11.0. The van der Waals surface area contributed by atoms with E-state index < -0.39 is 0 Å². The van der Waals surface area contributed by atoms with Crippen molar-refractivity contribution in [2.75, 3.05) is 4.90 Å². The van der Waals surface area contributed by atoms with Gasteiger partial charge < -0.3 is 5.32 Å². The van der Waals surface area contributed by atoms with Crippen LogP contribution in [0.2, 0.25) is 0 Å². The molecule has 3 heteroatoms. The van der Waals surface area contributed by atoms with E-state index in [0.29, 0.717) is 0 Å². The first-order chi connectivity index (χ1) is 7.59. The van der Waals surface area contributed by atoms with Crippen molar-refractivity contribution >= 4 is 11.7 Å². The fourth-order valence-electron chi connectivity index (χ4n) is 2.19. The monoisotopic (exact) mass is 218 g/mol. The lowest BCUT2D eigenvalue weighted by Crippen LogP contribution is -2.45. The maximum Gasteiger partial charge on any atom is 0.322 e. The lowest BCUT2D eigenvalue weighted by Gasteiger charge is -2.24. The Morgan fingerprint density at radius 1 is 1.44 bits per heavy atom. The van der Waals surface area contributed by atoms with Crippen molar-refractivity contribution in [3.8, 4) is 0 Å². The zero-order valence-corrected chi connectivity index (χ0v) is 10.0. The molecular formula is C13H18N2O. The molecule has 0 saturated heterocycles. The average molecular weight is 218 g/mol. The van der Waals surface area contributed by atoms with Crippen molar-refractivity contribution in [2.45, 2.75) is 39.3 Å². The van der Waals surface area contributed by atoms with Gasteiger partial charge in [-0.05, 0) is 38.8 Å². The first-order valence-electron chi connectivity index (χ1n) is 5.77. The molecule has 1 N–H and O–H groups in total. The van der Waals surface area contributed by atoms with Crippen LogP contribution in [-0.4, -0.2) is 18.1 Å². The molecule has 0 saturated carbocycles. The fourth-order valence-corrected chi connectivity index (χ4v) is 2.19. The summed E-state index contributed by atoms with van der Waals surface area (Å²) < 4.78 is 0. The number of hydrogen-bond donors (Lipinski definition) is 1. The molecule has 0 bridgehead atoms. The average Bonchev–Trinajstić information content (AvgIpc) is 2.52. The molecule has 0 aliphatic carbocycles. The van der Waals surface area contributed by atoms with Crippen molar-refractivity contribution < 1.29 is 4.79 Å². The van der Waals surface area contributed by atoms with Gasteiger partial charge in [0.05, 0.1) is 0 Å². The third kappa shape index (κ3) is 1.90. The third-order valence-electron chi connectivity index (χ3n) is 2.84. The number of nitrogens with one attached hydrogen (secondary N) is 1. The minimum absolute atomic E-state index is 0.00690. The van der Waals surface area contributed by atoms with E-state index in [2.05, 4.69) is 18.3 Å². The molecule has 2 rings (SSSR count). The Bertz CT molecular complexity index is 401. The van der Waals surface area contributed by atoms with Gasteiger partial charge in [-0.15, -0.1) is 0 Å². The largest absolute Gasteiger partial charge is 0.336 e. The Morgan fingerprint density at radius 2 is 2.12 bits per heavy atom. The summed E-state index contributed by atoms with van der Waals surface area (Å²) in [5.74, 6) is 0. The number of carbonyl (C=O) groups is 1. The second kappa shape index (κ2) is 4.16. The van der Waals surface area contributed by atoms with Crippen LogP contribution < -0.4 is 10.2 Å². The summed E-state index contributed by atoms with van der Waals surface area (Å²) in [5.41, 5.74) is 2.31. The molecule has 0 fully saturated rings. The molecule has 1 aliphatic heterocycles. The highest BCUT2D eigenvalue weighted by Crippen LogP contribution is 2.31. The molecule has 3 nitrogen and oxygen atoms in total. The highest BCUT2D eigenvalue weighted by molar-refractivity contribution is 5.95. The number of benzene rings is 1. The second-order valence-corrected chi connectivity index (χ2v) is 4.66. The van der Waals surface area contributed by atoms with Gasteiger partial charge in [-0.1, -0.05) is 18.2 Å². The number of anilines is 1. The zero-order chi connectivity index (χ0) is 11.7. The maximum atomic E-state index is 12.0. The SMILES string of the molecule is CC(C)NC(=O)N1c2ccccc2CC1C. The molecule has 0 radical (unpaired) electrons. The van der Waals surface area contributed by atoms with Gasteiger partial charge in [0.2, 0.25) is 0 Å². The number of nitrogens with zero attached hydrogens (tertiary/aromatic N) is 1. The van der Waals surface area contributed by atoms with Crippen LogP contribution >= 0.6 is 0 Å². The molecule has 86 valence electrons. The Morgan fingerprint density at radius 3 is 2.81 bits per heavy atom. The van der Waals surface area contributed by atoms with Gasteiger partial charge in [0.25, 0.3) is 0 Å². The van der Waals surface area contributed by atoms with Crippen LogP contribution in [0.1, 0.15) is 26.3 Å². The van der Waals surface area contributed by atoms with E-state index in [4.69, 9.17) is 0 Å². The normalized spacial score (nSPS) is 18.8. The Labute approximate surface area is 96.5 Å². The van der Waals surface area contributed by atoms with Gasteiger partial charge in [-0.2, -0.15) is 0 Å². The summed E-state index contributed by atoms with van der Waals surface area (Å²) in [6.07, 6.45) is 0.946. The predicted octanol–water partition coefficient (Wildman–Crippen LogP) is 2.56. The molecule has 1 aromatic rings. The fraction of sp³-hybridized carbons (Fsp3) is 0.462. The minimum Gasteiger partial charge on any atom is -0.336 e. The van der Waals surface area contributed by atoms with Crippen molar-refractivity contribution in [2.24, 2.45) is 0 Å². The van der Waals surface area contributed by atoms with Gasteiger partial charge in [0.1, 0.15) is 0 Å². The van der Waals surface area contributed by atoms with Crippen LogP contribution in [0.4, 0.5) is 10.5 Å². The van der Waals surface area contributed by atoms with Crippen LogP contribution in [0.25, 0.3) is 0 Å². The van der Waals surface area contributed by atoms with Crippen molar-refractivity contribution in [3.63, 3.8) is 0 Å². The molecule has 0 aromatic heterocycles. The van der Waals surface area contributed by atoms with Crippen LogP contribution in [0.3, 0.4) is 0 Å². The number of carbonyl (C=O) groups excluding carboxylic acids is 1. The summed E-state index contributed by atoms with van der Waals surface area (Å²) in [5, 5.41) is 2.94. The van der Waals surface area contributed by atoms with Gasteiger partial charge in [0, 0.05) is 17.8 Å².